The van der Waals surface area contributed by atoms with Gasteiger partial charge in [-0.1, -0.05) is 0 Å². The summed E-state index contributed by atoms with van der Waals surface area (Å²) in [6.45, 7) is 9.03. The average Bonchev–Trinajstić information content (AvgIpc) is 2.81. The molecule has 0 saturated carbocycles. The van der Waals surface area contributed by atoms with Crippen LogP contribution >= 0.6 is 0 Å². The van der Waals surface area contributed by atoms with Crippen molar-refractivity contribution in [2.75, 3.05) is 13.2 Å². The summed E-state index contributed by atoms with van der Waals surface area (Å²) in [6.07, 6.45) is 8.83. The number of carbonyl (C=O) groups is 1. The molecular formula is C25H44N2O4Po. The maximum atomic E-state index is 12.6. The number of hydrogen-bond acceptors (Lipinski definition) is 4. The summed E-state index contributed by atoms with van der Waals surface area (Å²) >= 11 is -2.17. The van der Waals surface area contributed by atoms with Crippen molar-refractivity contribution in [3.63, 3.8) is 0 Å². The fraction of sp³-hybridized carbons (Fsp3) is 0.720. The van der Waals surface area contributed by atoms with E-state index in [4.69, 9.17) is 0 Å². The summed E-state index contributed by atoms with van der Waals surface area (Å²) in [5.41, 5.74) is 0.659. The number of nitro benzene ring substituents is 1. The Morgan fingerprint density at radius 3 is 2.03 bits per heavy atom. The van der Waals surface area contributed by atoms with E-state index in [1.165, 1.54) is 60.9 Å². The van der Waals surface area contributed by atoms with Gasteiger partial charge in [-0.2, -0.15) is 0 Å². The molecule has 1 aromatic rings. The van der Waals surface area contributed by atoms with Crippen molar-refractivity contribution in [1.82, 2.24) is 5.32 Å². The SMILES string of the molecule is CCC[CH2][Po]([CH2]CCC)([CH2]CCC)[CH2]CCNC(=O)c1ccc(C(C)CO)c([N+](=O)[O-])c1. The minimum absolute atomic E-state index is 0.104. The van der Waals surface area contributed by atoms with Crippen molar-refractivity contribution in [3.05, 3.63) is 39.4 Å². The summed E-state index contributed by atoms with van der Waals surface area (Å²) in [7, 11) is 0. The van der Waals surface area contributed by atoms with Crippen LogP contribution in [-0.4, -0.2) is 49.7 Å². The third kappa shape index (κ3) is 9.44. The van der Waals surface area contributed by atoms with Gasteiger partial charge in [-0.3, -0.25) is 0 Å². The Morgan fingerprint density at radius 1 is 1.03 bits per heavy atom. The van der Waals surface area contributed by atoms with Crippen LogP contribution in [0.15, 0.2) is 18.2 Å². The number of nitrogens with one attached hydrogen (secondary N) is 1. The Bertz CT molecular complexity index is 689. The van der Waals surface area contributed by atoms with Crippen LogP contribution in [0.2, 0.25) is 16.3 Å². The second kappa shape index (κ2) is 15.7. The van der Waals surface area contributed by atoms with Gasteiger partial charge >= 0.3 is 200 Å². The molecule has 0 bridgehead atoms. The number of nitrogens with zero attached hydrogens (tertiary/aromatic N) is 1. The summed E-state index contributed by atoms with van der Waals surface area (Å²) in [6, 6.07) is 4.55. The predicted octanol–water partition coefficient (Wildman–Crippen LogP) is 6.66. The molecule has 0 aliphatic rings. The van der Waals surface area contributed by atoms with Crippen LogP contribution in [0, 0.1) is 10.1 Å². The second-order valence-electron chi connectivity index (χ2n) is 8.83. The molecule has 0 heterocycles. The summed E-state index contributed by atoms with van der Waals surface area (Å²) in [5, 5.41) is 23.8. The molecule has 0 saturated heterocycles. The quantitative estimate of drug-likeness (QED) is 0.113. The van der Waals surface area contributed by atoms with Gasteiger partial charge in [0.05, 0.1) is 0 Å². The summed E-state index contributed by atoms with van der Waals surface area (Å²) < 4.78 is 5.72. The van der Waals surface area contributed by atoms with Crippen molar-refractivity contribution in [1.29, 1.82) is 0 Å². The number of aliphatic hydroxyl groups excluding tert-OH is 1. The Hall–Kier alpha value is -1.05. The summed E-state index contributed by atoms with van der Waals surface area (Å²) in [4.78, 5) is 23.6. The van der Waals surface area contributed by atoms with Crippen LogP contribution in [0.1, 0.15) is 94.5 Å². The van der Waals surface area contributed by atoms with Crippen molar-refractivity contribution >= 4 is 32.2 Å². The number of carbonyl (C=O) groups excluding carboxylic acids is 1. The Balaban J connectivity index is 2.78. The van der Waals surface area contributed by atoms with E-state index in [1.807, 2.05) is 0 Å². The number of aliphatic hydroxyl groups is 1. The molecular weight excluding hydrogens is 601 g/mol. The minimum atomic E-state index is -2.17. The van der Waals surface area contributed by atoms with Crippen LogP contribution in [0.25, 0.3) is 0 Å². The average molecular weight is 646 g/mol. The first kappa shape index (κ1) is 29.0. The summed E-state index contributed by atoms with van der Waals surface area (Å²) in [5.74, 6) is -0.602. The van der Waals surface area contributed by atoms with Crippen LogP contribution in [-0.2, 0) is 0 Å². The van der Waals surface area contributed by atoms with Gasteiger partial charge in [-0.25, -0.2) is 0 Å². The number of rotatable bonds is 17. The van der Waals surface area contributed by atoms with Crippen molar-refractivity contribution < 1.29 is 14.8 Å². The first-order chi connectivity index (χ1) is 15.3. The van der Waals surface area contributed by atoms with Crippen LogP contribution < -0.4 is 5.32 Å². The van der Waals surface area contributed by atoms with Crippen LogP contribution in [0.3, 0.4) is 0 Å². The molecule has 0 radical (unpaired) electrons. The second-order valence-corrected chi connectivity index (χ2v) is 24.7. The monoisotopic (exact) mass is 645 g/mol. The Morgan fingerprint density at radius 2 is 1.56 bits per heavy atom. The molecule has 0 aromatic heterocycles. The van der Waals surface area contributed by atoms with E-state index in [0.717, 1.165) is 6.42 Å². The van der Waals surface area contributed by atoms with Crippen LogP contribution in [0.5, 0.6) is 0 Å². The molecule has 0 fully saturated rings. The molecule has 0 spiro atoms. The van der Waals surface area contributed by atoms with E-state index in [9.17, 15) is 20.0 Å². The fourth-order valence-corrected chi connectivity index (χ4v) is 22.2. The zero-order valence-electron chi connectivity index (χ0n) is 20.5. The Labute approximate surface area is 199 Å². The van der Waals surface area contributed by atoms with E-state index in [2.05, 4.69) is 26.1 Å². The van der Waals surface area contributed by atoms with E-state index < -0.39 is 25.5 Å². The molecule has 1 atom stereocenters. The number of unbranched alkanes of at least 4 members (excludes halogenated alkanes) is 3. The standard InChI is InChI=1S/C13H17N2O4.3C4H9.Po/c1-3-6-14-13(17)10-4-5-11(9(2)8-16)12(7-10)15(18)19;3*1-3-4-2;/h4-5,7,9,16H,1,3,6,8H2,2H3,(H,14,17);3*1,3-4H2,2H3;. The molecule has 1 amide bonds. The van der Waals surface area contributed by atoms with Crippen LogP contribution in [0.4, 0.5) is 5.69 Å². The predicted molar refractivity (Wildman–Crippen MR) is 135 cm³/mol. The van der Waals surface area contributed by atoms with Crippen molar-refractivity contribution in [3.8, 4) is 0 Å². The van der Waals surface area contributed by atoms with Crippen molar-refractivity contribution in [2.45, 2.75) is 94.9 Å². The van der Waals surface area contributed by atoms with E-state index >= 15 is 0 Å². The molecule has 6 nitrogen and oxygen atoms in total. The molecule has 32 heavy (non-hydrogen) atoms. The van der Waals surface area contributed by atoms with Gasteiger partial charge in [0.15, 0.2) is 0 Å². The van der Waals surface area contributed by atoms with Gasteiger partial charge < -0.3 is 0 Å². The van der Waals surface area contributed by atoms with Gasteiger partial charge in [-0.05, 0) is 0 Å². The Kier molecular flexibility index (Phi) is 14.2. The zero-order valence-corrected chi connectivity index (χ0v) is 23.7. The number of nitro groups is 1. The van der Waals surface area contributed by atoms with E-state index in [0.29, 0.717) is 17.7 Å². The normalized spacial score (nSPS) is 13.0. The topological polar surface area (TPSA) is 92.5 Å². The molecule has 1 aromatic carbocycles. The molecule has 1 rings (SSSR count). The number of amides is 1. The zero-order chi connectivity index (χ0) is 24.0. The molecule has 1 unspecified atom stereocenters. The first-order valence-corrected chi connectivity index (χ1v) is 21.2. The maximum absolute atomic E-state index is 12.6. The number of hydrogen-bond donors (Lipinski definition) is 2. The van der Waals surface area contributed by atoms with Crippen molar-refractivity contribution in [2.24, 2.45) is 0 Å². The molecule has 184 valence electrons. The van der Waals surface area contributed by atoms with Gasteiger partial charge in [-0.15, -0.1) is 0 Å². The van der Waals surface area contributed by atoms with Gasteiger partial charge in [0.1, 0.15) is 0 Å². The third-order valence-corrected chi connectivity index (χ3v) is 24.1. The molecule has 0 aliphatic carbocycles. The fourth-order valence-electron chi connectivity index (χ4n) is 4.00. The molecule has 0 aliphatic heterocycles. The van der Waals surface area contributed by atoms with Gasteiger partial charge in [0, 0.05) is 0 Å². The van der Waals surface area contributed by atoms with Gasteiger partial charge in [0.25, 0.3) is 0 Å². The van der Waals surface area contributed by atoms with E-state index in [-0.39, 0.29) is 24.1 Å². The first-order valence-electron chi connectivity index (χ1n) is 12.3. The van der Waals surface area contributed by atoms with Gasteiger partial charge in [0.2, 0.25) is 0 Å². The third-order valence-electron chi connectivity index (χ3n) is 6.13. The van der Waals surface area contributed by atoms with E-state index in [1.54, 1.807) is 19.1 Å². The molecule has 2 N–H and O–H groups in total. The molecule has 7 heteroatoms. The number of benzene rings is 1.